The van der Waals surface area contributed by atoms with Crippen LogP contribution in [0.3, 0.4) is 0 Å². The van der Waals surface area contributed by atoms with Crippen molar-refractivity contribution in [3.63, 3.8) is 0 Å². The summed E-state index contributed by atoms with van der Waals surface area (Å²) < 4.78 is 40.5. The van der Waals surface area contributed by atoms with E-state index in [1.165, 1.54) is 30.5 Å². The van der Waals surface area contributed by atoms with Gasteiger partial charge in [-0.1, -0.05) is 18.2 Å². The van der Waals surface area contributed by atoms with E-state index in [9.17, 15) is 12.8 Å². The topological polar surface area (TPSA) is 59.1 Å². The van der Waals surface area contributed by atoms with Crippen LogP contribution in [-0.4, -0.2) is 13.4 Å². The molecule has 0 aliphatic heterocycles. The van der Waals surface area contributed by atoms with Gasteiger partial charge in [0, 0.05) is 23.2 Å². The van der Waals surface area contributed by atoms with Crippen LogP contribution >= 0.6 is 0 Å². The summed E-state index contributed by atoms with van der Waals surface area (Å²) in [6.45, 7) is 0. The molecule has 0 aliphatic rings. The largest absolute Gasteiger partial charge is 0.280 e. The molecule has 0 radical (unpaired) electrons. The number of nitrogens with zero attached hydrogens (tertiary/aromatic N) is 1. The molecule has 3 rings (SSSR count). The third-order valence-corrected chi connectivity index (χ3v) is 4.45. The molecule has 106 valence electrons. The normalized spacial score (nSPS) is 11.5. The molecule has 0 bridgehead atoms. The Bertz CT molecular complexity index is 905. The number of benzene rings is 2. The first-order valence-electron chi connectivity index (χ1n) is 6.17. The van der Waals surface area contributed by atoms with E-state index in [2.05, 4.69) is 9.71 Å². The van der Waals surface area contributed by atoms with Crippen LogP contribution in [0.25, 0.3) is 10.8 Å². The lowest BCUT2D eigenvalue weighted by atomic mass is 10.2. The predicted molar refractivity (Wildman–Crippen MR) is 79.0 cm³/mol. The zero-order chi connectivity index (χ0) is 14.9. The Morgan fingerprint density at radius 2 is 1.86 bits per heavy atom. The first-order chi connectivity index (χ1) is 10.1. The highest BCUT2D eigenvalue weighted by molar-refractivity contribution is 7.93. The number of sulfonamides is 1. The number of aromatic nitrogens is 1. The van der Waals surface area contributed by atoms with Crippen molar-refractivity contribution in [3.8, 4) is 0 Å². The zero-order valence-corrected chi connectivity index (χ0v) is 11.6. The van der Waals surface area contributed by atoms with Crippen LogP contribution in [-0.2, 0) is 10.0 Å². The SMILES string of the molecule is O=S(=O)(Nc1cccc(F)c1)c1cccc2cnccc12. The molecule has 0 spiro atoms. The average Bonchev–Trinajstić information content (AvgIpc) is 2.46. The Kier molecular flexibility index (Phi) is 3.31. The van der Waals surface area contributed by atoms with Gasteiger partial charge in [0.2, 0.25) is 0 Å². The summed E-state index contributed by atoms with van der Waals surface area (Å²) in [5.41, 5.74) is 0.182. The van der Waals surface area contributed by atoms with Crippen LogP contribution in [0, 0.1) is 5.82 Å². The lowest BCUT2D eigenvalue weighted by molar-refractivity contribution is 0.602. The van der Waals surface area contributed by atoms with Gasteiger partial charge in [0.05, 0.1) is 10.6 Å². The summed E-state index contributed by atoms with van der Waals surface area (Å²) >= 11 is 0. The Hall–Kier alpha value is -2.47. The van der Waals surface area contributed by atoms with Crippen molar-refractivity contribution < 1.29 is 12.8 Å². The molecule has 6 heteroatoms. The molecule has 2 aromatic carbocycles. The summed E-state index contributed by atoms with van der Waals surface area (Å²) in [6.07, 6.45) is 3.13. The smallest absolute Gasteiger partial charge is 0.262 e. The second kappa shape index (κ2) is 5.14. The fraction of sp³-hybridized carbons (Fsp3) is 0. The van der Waals surface area contributed by atoms with Crippen LogP contribution in [0.5, 0.6) is 0 Å². The van der Waals surface area contributed by atoms with Crippen molar-refractivity contribution >= 4 is 26.5 Å². The predicted octanol–water partition coefficient (Wildman–Crippen LogP) is 3.17. The van der Waals surface area contributed by atoms with Crippen LogP contribution in [0.4, 0.5) is 10.1 Å². The number of anilines is 1. The van der Waals surface area contributed by atoms with Crippen LogP contribution < -0.4 is 4.72 Å². The van der Waals surface area contributed by atoms with Crippen molar-refractivity contribution in [2.24, 2.45) is 0 Å². The minimum atomic E-state index is -3.80. The Morgan fingerprint density at radius 3 is 2.67 bits per heavy atom. The third-order valence-electron chi connectivity index (χ3n) is 3.01. The molecule has 1 aromatic heterocycles. The Morgan fingerprint density at radius 1 is 1.05 bits per heavy atom. The van der Waals surface area contributed by atoms with Crippen molar-refractivity contribution in [1.29, 1.82) is 0 Å². The zero-order valence-electron chi connectivity index (χ0n) is 10.8. The Balaban J connectivity index is 2.09. The molecule has 0 amide bonds. The van der Waals surface area contributed by atoms with Crippen molar-refractivity contribution in [3.05, 3.63) is 66.7 Å². The van der Waals surface area contributed by atoms with Gasteiger partial charge in [0.15, 0.2) is 0 Å². The fourth-order valence-corrected chi connectivity index (χ4v) is 3.37. The second-order valence-corrected chi connectivity index (χ2v) is 6.12. The number of fused-ring (bicyclic) bond motifs is 1. The highest BCUT2D eigenvalue weighted by Gasteiger charge is 2.17. The molecule has 21 heavy (non-hydrogen) atoms. The summed E-state index contributed by atoms with van der Waals surface area (Å²) in [5.74, 6) is -0.502. The molecule has 0 unspecified atom stereocenters. The third kappa shape index (κ3) is 2.71. The van der Waals surface area contributed by atoms with Gasteiger partial charge < -0.3 is 0 Å². The first-order valence-corrected chi connectivity index (χ1v) is 7.66. The van der Waals surface area contributed by atoms with E-state index in [1.54, 1.807) is 24.4 Å². The van der Waals surface area contributed by atoms with Gasteiger partial charge in [-0.2, -0.15) is 0 Å². The van der Waals surface area contributed by atoms with E-state index in [-0.39, 0.29) is 10.6 Å². The second-order valence-electron chi connectivity index (χ2n) is 4.47. The van der Waals surface area contributed by atoms with E-state index in [0.717, 1.165) is 11.5 Å². The number of hydrogen-bond donors (Lipinski definition) is 1. The van der Waals surface area contributed by atoms with Crippen molar-refractivity contribution in [1.82, 2.24) is 4.98 Å². The minimum absolute atomic E-state index is 0.131. The minimum Gasteiger partial charge on any atom is -0.280 e. The van der Waals surface area contributed by atoms with E-state index in [4.69, 9.17) is 0 Å². The van der Waals surface area contributed by atoms with Gasteiger partial charge in [-0.3, -0.25) is 9.71 Å². The first kappa shape index (κ1) is 13.5. The molecule has 0 saturated carbocycles. The van der Waals surface area contributed by atoms with Gasteiger partial charge in [-0.15, -0.1) is 0 Å². The maximum atomic E-state index is 13.2. The number of nitrogens with one attached hydrogen (secondary N) is 1. The highest BCUT2D eigenvalue weighted by atomic mass is 32.2. The molecule has 1 N–H and O–H groups in total. The standard InChI is InChI=1S/C15H11FN2O2S/c16-12-4-2-5-13(9-12)18-21(19,20)15-6-1-3-11-10-17-8-7-14(11)15/h1-10,18H. The maximum absolute atomic E-state index is 13.2. The molecule has 1 heterocycles. The summed E-state index contributed by atoms with van der Waals surface area (Å²) in [5, 5.41) is 1.29. The number of halogens is 1. The van der Waals surface area contributed by atoms with Crippen LogP contribution in [0.15, 0.2) is 65.8 Å². The quantitative estimate of drug-likeness (QED) is 0.808. The van der Waals surface area contributed by atoms with Gasteiger partial charge in [-0.05, 0) is 30.3 Å². The molecule has 3 aromatic rings. The number of hydrogen-bond acceptors (Lipinski definition) is 3. The average molecular weight is 302 g/mol. The van der Waals surface area contributed by atoms with E-state index < -0.39 is 15.8 Å². The van der Waals surface area contributed by atoms with E-state index >= 15 is 0 Å². The summed E-state index contributed by atoms with van der Waals surface area (Å²) in [4.78, 5) is 4.10. The number of rotatable bonds is 3. The molecule has 0 atom stereocenters. The lowest BCUT2D eigenvalue weighted by Crippen LogP contribution is -2.13. The molecule has 0 fully saturated rings. The summed E-state index contributed by atoms with van der Waals surface area (Å²) in [7, 11) is -3.80. The molecule has 0 aliphatic carbocycles. The molecular formula is C15H11FN2O2S. The Labute approximate surface area is 121 Å². The maximum Gasteiger partial charge on any atom is 0.262 e. The van der Waals surface area contributed by atoms with Gasteiger partial charge in [-0.25, -0.2) is 12.8 Å². The van der Waals surface area contributed by atoms with Crippen LogP contribution in [0.2, 0.25) is 0 Å². The van der Waals surface area contributed by atoms with Gasteiger partial charge in [0.25, 0.3) is 10.0 Å². The van der Waals surface area contributed by atoms with Gasteiger partial charge in [0.1, 0.15) is 5.82 Å². The fourth-order valence-electron chi connectivity index (χ4n) is 2.09. The summed E-state index contributed by atoms with van der Waals surface area (Å²) in [6, 6.07) is 11.9. The van der Waals surface area contributed by atoms with Gasteiger partial charge >= 0.3 is 0 Å². The molecule has 4 nitrogen and oxygen atoms in total. The highest BCUT2D eigenvalue weighted by Crippen LogP contribution is 2.24. The lowest BCUT2D eigenvalue weighted by Gasteiger charge is -2.10. The number of pyridine rings is 1. The van der Waals surface area contributed by atoms with Crippen molar-refractivity contribution in [2.45, 2.75) is 4.90 Å². The van der Waals surface area contributed by atoms with E-state index in [0.29, 0.717) is 5.39 Å². The molecular weight excluding hydrogens is 291 g/mol. The van der Waals surface area contributed by atoms with Crippen LogP contribution in [0.1, 0.15) is 0 Å². The molecule has 0 saturated heterocycles. The monoisotopic (exact) mass is 302 g/mol. The van der Waals surface area contributed by atoms with E-state index in [1.807, 2.05) is 0 Å². The van der Waals surface area contributed by atoms with Crippen molar-refractivity contribution in [2.75, 3.05) is 4.72 Å².